The zero-order valence-electron chi connectivity index (χ0n) is 25.0. The van der Waals surface area contributed by atoms with Crippen molar-refractivity contribution in [1.82, 2.24) is 0 Å². The van der Waals surface area contributed by atoms with Gasteiger partial charge in [-0.1, -0.05) is 112 Å². The molecule has 0 N–H and O–H groups in total. The van der Waals surface area contributed by atoms with Crippen LogP contribution in [-0.4, -0.2) is 0 Å². The minimum absolute atomic E-state index is 0.171. The lowest BCUT2D eigenvalue weighted by molar-refractivity contribution is 0.632. The van der Waals surface area contributed by atoms with Crippen molar-refractivity contribution in [1.29, 1.82) is 0 Å². The van der Waals surface area contributed by atoms with Gasteiger partial charge in [-0.25, -0.2) is 0 Å². The van der Waals surface area contributed by atoms with Crippen LogP contribution in [0.25, 0.3) is 38.6 Å². The van der Waals surface area contributed by atoms with Crippen molar-refractivity contribution in [3.8, 4) is 11.1 Å². The van der Waals surface area contributed by atoms with Crippen LogP contribution in [0, 0.1) is 0 Å². The van der Waals surface area contributed by atoms with Crippen molar-refractivity contribution in [3.63, 3.8) is 0 Å². The average molecular weight is 558 g/mol. The molecule has 0 saturated heterocycles. The fourth-order valence-corrected chi connectivity index (χ4v) is 6.49. The van der Waals surface area contributed by atoms with Gasteiger partial charge in [0.05, 0.1) is 11.4 Å². The molecule has 0 saturated carbocycles. The van der Waals surface area contributed by atoms with Gasteiger partial charge in [0.2, 0.25) is 0 Å². The first kappa shape index (κ1) is 26.8. The van der Waals surface area contributed by atoms with Gasteiger partial charge < -0.3 is 9.32 Å². The van der Waals surface area contributed by atoms with Crippen LogP contribution < -0.4 is 4.90 Å². The Hall–Kier alpha value is -5.08. The van der Waals surface area contributed by atoms with Gasteiger partial charge in [-0.2, -0.15) is 0 Å². The molecule has 2 heteroatoms. The third kappa shape index (κ3) is 4.51. The van der Waals surface area contributed by atoms with E-state index in [1.807, 2.05) is 18.2 Å². The van der Waals surface area contributed by atoms with Crippen molar-refractivity contribution in [2.24, 2.45) is 0 Å². The third-order valence-corrected chi connectivity index (χ3v) is 8.73. The molecule has 0 atom stereocenters. The molecule has 6 aromatic rings. The molecule has 2 heterocycles. The molecular formula is C41H35NO. The number of rotatable bonds is 6. The summed E-state index contributed by atoms with van der Waals surface area (Å²) in [5.74, 6) is 0. The van der Waals surface area contributed by atoms with Crippen LogP contribution in [-0.2, 0) is 5.41 Å². The lowest BCUT2D eigenvalue weighted by Crippen LogP contribution is -2.30. The molecule has 0 bridgehead atoms. The van der Waals surface area contributed by atoms with Gasteiger partial charge in [-0.15, -0.1) is 0 Å². The highest BCUT2D eigenvalue weighted by molar-refractivity contribution is 6.06. The highest BCUT2D eigenvalue weighted by atomic mass is 16.3. The molecule has 1 aliphatic rings. The van der Waals surface area contributed by atoms with E-state index in [4.69, 9.17) is 4.42 Å². The molecule has 0 aliphatic carbocycles. The Labute approximate surface area is 253 Å². The summed E-state index contributed by atoms with van der Waals surface area (Å²) in [5, 5.41) is 2.30. The highest BCUT2D eigenvalue weighted by Crippen LogP contribution is 2.52. The minimum Gasteiger partial charge on any atom is -0.456 e. The number of hydrogen-bond donors (Lipinski definition) is 0. The monoisotopic (exact) mass is 557 g/mol. The molecule has 0 amide bonds. The second kappa shape index (κ2) is 10.6. The number of hydrogen-bond acceptors (Lipinski definition) is 2. The summed E-state index contributed by atoms with van der Waals surface area (Å²) in [5.41, 5.74) is 12.6. The van der Waals surface area contributed by atoms with Gasteiger partial charge >= 0.3 is 0 Å². The summed E-state index contributed by atoms with van der Waals surface area (Å²) in [4.78, 5) is 2.41. The molecule has 1 aromatic heterocycles. The van der Waals surface area contributed by atoms with Crippen molar-refractivity contribution >= 4 is 44.6 Å². The van der Waals surface area contributed by atoms with Crippen molar-refractivity contribution in [2.45, 2.75) is 32.6 Å². The molecular weight excluding hydrogens is 522 g/mol. The van der Waals surface area contributed by atoms with E-state index in [-0.39, 0.29) is 5.41 Å². The summed E-state index contributed by atoms with van der Waals surface area (Å²) >= 11 is 0. The molecule has 5 aromatic carbocycles. The Bertz CT molecular complexity index is 2050. The van der Waals surface area contributed by atoms with Gasteiger partial charge in [0.1, 0.15) is 11.2 Å². The predicted octanol–water partition coefficient (Wildman–Crippen LogP) is 11.9. The van der Waals surface area contributed by atoms with Crippen LogP contribution in [0.15, 0.2) is 144 Å². The Morgan fingerprint density at radius 3 is 2.26 bits per heavy atom. The molecule has 0 fully saturated rings. The third-order valence-electron chi connectivity index (χ3n) is 8.73. The number of anilines is 3. The van der Waals surface area contributed by atoms with Crippen LogP contribution in [0.4, 0.5) is 17.1 Å². The number of furan rings is 1. The maximum atomic E-state index is 6.11. The summed E-state index contributed by atoms with van der Waals surface area (Å²) in [6.07, 6.45) is 9.29. The number of allylic oxidation sites excluding steroid dienone is 5. The Balaban J connectivity index is 1.35. The van der Waals surface area contributed by atoms with E-state index in [2.05, 4.69) is 148 Å². The highest BCUT2D eigenvalue weighted by Gasteiger charge is 2.37. The Morgan fingerprint density at radius 2 is 1.44 bits per heavy atom. The van der Waals surface area contributed by atoms with Crippen LogP contribution in [0.1, 0.15) is 43.9 Å². The van der Waals surface area contributed by atoms with Crippen LogP contribution in [0.3, 0.4) is 0 Å². The standard InChI is InChI=1S/C41H35NO/c1-5-7-13-28(12-6-2)29-18-22-32(23-19-29)42-37-16-10-9-15-35(37)41(3,4)36-27-31(20-24-38(36)42)30-21-25-40-34(26-30)33-14-8-11-17-39(33)43-40/h6-27H,2,5H2,1,3-4H3/b13-7-,28-12+. The maximum absolute atomic E-state index is 6.11. The first-order valence-electron chi connectivity index (χ1n) is 15.0. The van der Waals surface area contributed by atoms with Crippen LogP contribution in [0.5, 0.6) is 0 Å². The maximum Gasteiger partial charge on any atom is 0.135 e. The first-order chi connectivity index (χ1) is 21.0. The van der Waals surface area contributed by atoms with Gasteiger partial charge in [0.15, 0.2) is 0 Å². The van der Waals surface area contributed by atoms with Gasteiger partial charge in [-0.05, 0) is 88.3 Å². The van der Waals surface area contributed by atoms with E-state index < -0.39 is 0 Å². The topological polar surface area (TPSA) is 16.4 Å². The van der Waals surface area contributed by atoms with Gasteiger partial charge in [0, 0.05) is 21.9 Å². The second-order valence-corrected chi connectivity index (χ2v) is 11.7. The predicted molar refractivity (Wildman–Crippen MR) is 184 cm³/mol. The molecule has 0 unspecified atom stereocenters. The molecule has 210 valence electrons. The molecule has 0 spiro atoms. The normalized spacial score (nSPS) is 14.3. The zero-order valence-corrected chi connectivity index (χ0v) is 25.0. The van der Waals surface area contributed by atoms with E-state index >= 15 is 0 Å². The van der Waals surface area contributed by atoms with E-state index in [9.17, 15) is 0 Å². The van der Waals surface area contributed by atoms with Crippen molar-refractivity contribution in [3.05, 3.63) is 157 Å². The van der Waals surface area contributed by atoms with Gasteiger partial charge in [0.25, 0.3) is 0 Å². The number of fused-ring (bicyclic) bond motifs is 5. The van der Waals surface area contributed by atoms with Crippen LogP contribution in [0.2, 0.25) is 0 Å². The molecule has 2 nitrogen and oxygen atoms in total. The van der Waals surface area contributed by atoms with Crippen molar-refractivity contribution < 1.29 is 4.42 Å². The molecule has 0 radical (unpaired) electrons. The average Bonchev–Trinajstić information content (AvgIpc) is 3.41. The number of para-hydroxylation sites is 2. The summed E-state index contributed by atoms with van der Waals surface area (Å²) in [6.45, 7) is 10.8. The minimum atomic E-state index is -0.171. The number of nitrogens with zero attached hydrogens (tertiary/aromatic N) is 1. The second-order valence-electron chi connectivity index (χ2n) is 11.7. The summed E-state index contributed by atoms with van der Waals surface area (Å²) in [6, 6.07) is 39.4. The van der Waals surface area contributed by atoms with Crippen LogP contribution >= 0.6 is 0 Å². The van der Waals surface area contributed by atoms with E-state index in [1.54, 1.807) is 0 Å². The fraction of sp³-hybridized carbons (Fsp3) is 0.122. The Morgan fingerprint density at radius 1 is 0.744 bits per heavy atom. The molecule has 43 heavy (non-hydrogen) atoms. The largest absolute Gasteiger partial charge is 0.456 e. The first-order valence-corrected chi connectivity index (χ1v) is 15.0. The quantitative estimate of drug-likeness (QED) is 0.189. The van der Waals surface area contributed by atoms with Gasteiger partial charge in [-0.3, -0.25) is 0 Å². The molecule has 7 rings (SSSR count). The van der Waals surface area contributed by atoms with E-state index in [0.29, 0.717) is 0 Å². The summed E-state index contributed by atoms with van der Waals surface area (Å²) < 4.78 is 6.11. The SMILES string of the molecule is C=C/C=C(\C=C/CC)c1ccc(N2c3ccccc3C(C)(C)c3cc(-c4ccc5oc6ccccc6c5c4)ccc32)cc1. The smallest absolute Gasteiger partial charge is 0.135 e. The molecule has 1 aliphatic heterocycles. The lowest BCUT2D eigenvalue weighted by Gasteiger charge is -2.42. The Kier molecular flexibility index (Phi) is 6.63. The fourth-order valence-electron chi connectivity index (χ4n) is 6.49. The number of benzene rings is 5. The lowest BCUT2D eigenvalue weighted by atomic mass is 9.73. The van der Waals surface area contributed by atoms with E-state index in [1.165, 1.54) is 39.2 Å². The summed E-state index contributed by atoms with van der Waals surface area (Å²) in [7, 11) is 0. The van der Waals surface area contributed by atoms with E-state index in [0.717, 1.165) is 39.6 Å². The zero-order chi connectivity index (χ0) is 29.6. The van der Waals surface area contributed by atoms with Crippen molar-refractivity contribution in [2.75, 3.05) is 4.90 Å².